The Labute approximate surface area is 158 Å². The first-order valence-electron chi connectivity index (χ1n) is 8.79. The van der Waals surface area contributed by atoms with Gasteiger partial charge in [0.05, 0.1) is 17.3 Å². The number of carbonyl (C=O) groups excluding carboxylic acids is 1. The average molecular weight is 365 g/mol. The number of hydrogen-bond acceptors (Lipinski definition) is 4. The van der Waals surface area contributed by atoms with Gasteiger partial charge in [-0.25, -0.2) is 0 Å². The highest BCUT2D eigenvalue weighted by molar-refractivity contribution is 6.03. The maximum absolute atomic E-state index is 12.0. The molecule has 0 saturated carbocycles. The molecule has 0 aliphatic carbocycles. The highest BCUT2D eigenvalue weighted by Crippen LogP contribution is 2.32. The van der Waals surface area contributed by atoms with Crippen LogP contribution in [0.4, 0.5) is 11.4 Å². The highest BCUT2D eigenvalue weighted by atomic mass is 16.4. The number of likely N-dealkylation sites (tertiary alicyclic amines) is 1. The number of carboxylic acid groups (broad SMARTS) is 1. The standard InChI is InChI=1S/C21H23N3O3/c1-24-12-16(17(13-24)21(26)27)15-9-6-14(7-10-15)8-11-20(25)23-19-5-3-2-4-18(19)22/h2-11,16-17H,12-13,22H2,1H3,(H,23,25)(H,26,27)/b11-8+/t16-,17+/m0/s1. The van der Waals surface area contributed by atoms with Gasteiger partial charge in [0.25, 0.3) is 0 Å². The van der Waals surface area contributed by atoms with E-state index in [0.29, 0.717) is 17.9 Å². The number of hydrogen-bond donors (Lipinski definition) is 3. The zero-order valence-corrected chi connectivity index (χ0v) is 15.1. The quantitative estimate of drug-likeness (QED) is 0.559. The van der Waals surface area contributed by atoms with Crippen LogP contribution >= 0.6 is 0 Å². The van der Waals surface area contributed by atoms with Gasteiger partial charge in [-0.3, -0.25) is 9.59 Å². The van der Waals surface area contributed by atoms with Crippen LogP contribution in [-0.4, -0.2) is 42.0 Å². The predicted octanol–water partition coefficient (Wildman–Crippen LogP) is 2.65. The lowest BCUT2D eigenvalue weighted by Gasteiger charge is -2.15. The summed E-state index contributed by atoms with van der Waals surface area (Å²) in [5.74, 6) is -1.43. The van der Waals surface area contributed by atoms with Crippen LogP contribution in [0, 0.1) is 5.92 Å². The molecule has 2 atom stereocenters. The van der Waals surface area contributed by atoms with Crippen molar-refractivity contribution in [2.45, 2.75) is 5.92 Å². The third-order valence-electron chi connectivity index (χ3n) is 4.83. The second kappa shape index (κ2) is 8.05. The van der Waals surface area contributed by atoms with Gasteiger partial charge in [-0.05, 0) is 36.4 Å². The number of benzene rings is 2. The lowest BCUT2D eigenvalue weighted by atomic mass is 9.88. The van der Waals surface area contributed by atoms with Gasteiger partial charge in [0.1, 0.15) is 0 Å². The molecule has 6 heteroatoms. The van der Waals surface area contributed by atoms with Crippen molar-refractivity contribution in [2.75, 3.05) is 31.2 Å². The van der Waals surface area contributed by atoms with Crippen molar-refractivity contribution in [3.63, 3.8) is 0 Å². The van der Waals surface area contributed by atoms with Gasteiger partial charge in [-0.2, -0.15) is 0 Å². The summed E-state index contributed by atoms with van der Waals surface area (Å²) in [5.41, 5.74) is 8.77. The number of aliphatic carboxylic acids is 1. The summed E-state index contributed by atoms with van der Waals surface area (Å²) in [7, 11) is 1.94. The molecule has 1 heterocycles. The molecule has 2 aromatic rings. The Morgan fingerprint density at radius 2 is 1.85 bits per heavy atom. The molecule has 140 valence electrons. The fourth-order valence-corrected chi connectivity index (χ4v) is 3.40. The van der Waals surface area contributed by atoms with Crippen molar-refractivity contribution < 1.29 is 14.7 Å². The van der Waals surface area contributed by atoms with E-state index in [1.807, 2.05) is 36.2 Å². The van der Waals surface area contributed by atoms with Crippen LogP contribution in [0.25, 0.3) is 6.08 Å². The minimum absolute atomic E-state index is 0.0186. The zero-order chi connectivity index (χ0) is 19.4. The summed E-state index contributed by atoms with van der Waals surface area (Å²) in [6.07, 6.45) is 3.17. The number of amides is 1. The maximum atomic E-state index is 12.0. The fraction of sp³-hybridized carbons (Fsp3) is 0.238. The van der Waals surface area contributed by atoms with Crippen molar-refractivity contribution >= 4 is 29.3 Å². The van der Waals surface area contributed by atoms with Gasteiger partial charge < -0.3 is 21.1 Å². The van der Waals surface area contributed by atoms with Crippen molar-refractivity contribution in [1.29, 1.82) is 0 Å². The lowest BCUT2D eigenvalue weighted by Crippen LogP contribution is -2.21. The van der Waals surface area contributed by atoms with Crippen LogP contribution in [0.5, 0.6) is 0 Å². The van der Waals surface area contributed by atoms with Crippen LogP contribution in [0.15, 0.2) is 54.6 Å². The van der Waals surface area contributed by atoms with Crippen LogP contribution in [0.3, 0.4) is 0 Å². The molecule has 0 bridgehead atoms. The molecule has 1 saturated heterocycles. The van der Waals surface area contributed by atoms with E-state index < -0.39 is 11.9 Å². The largest absolute Gasteiger partial charge is 0.481 e. The molecule has 1 amide bonds. The van der Waals surface area contributed by atoms with Crippen LogP contribution < -0.4 is 11.1 Å². The van der Waals surface area contributed by atoms with Crippen LogP contribution in [0.2, 0.25) is 0 Å². The van der Waals surface area contributed by atoms with Gasteiger partial charge >= 0.3 is 5.97 Å². The van der Waals surface area contributed by atoms with Gasteiger partial charge in [0, 0.05) is 25.1 Å². The molecule has 27 heavy (non-hydrogen) atoms. The minimum atomic E-state index is -0.759. The third-order valence-corrected chi connectivity index (χ3v) is 4.83. The molecule has 1 fully saturated rings. The number of carbonyl (C=O) groups is 2. The van der Waals surface area contributed by atoms with Crippen molar-refractivity contribution in [3.8, 4) is 0 Å². The number of likely N-dealkylation sites (N-methyl/N-ethyl adjacent to an activating group) is 1. The Bertz CT molecular complexity index is 861. The summed E-state index contributed by atoms with van der Waals surface area (Å²) in [6, 6.07) is 14.7. The number of nitrogens with two attached hydrogens (primary N) is 1. The van der Waals surface area contributed by atoms with Crippen molar-refractivity contribution in [1.82, 2.24) is 4.90 Å². The van der Waals surface area contributed by atoms with E-state index in [4.69, 9.17) is 5.73 Å². The number of rotatable bonds is 5. The Morgan fingerprint density at radius 1 is 1.15 bits per heavy atom. The highest BCUT2D eigenvalue weighted by Gasteiger charge is 2.36. The van der Waals surface area contributed by atoms with Gasteiger partial charge in [0.15, 0.2) is 0 Å². The second-order valence-electron chi connectivity index (χ2n) is 6.85. The zero-order valence-electron chi connectivity index (χ0n) is 15.1. The molecule has 0 aromatic heterocycles. The molecule has 1 aliphatic heterocycles. The number of nitrogens with one attached hydrogen (secondary N) is 1. The van der Waals surface area contributed by atoms with E-state index in [2.05, 4.69) is 5.32 Å². The SMILES string of the molecule is CN1C[C@@H](C(=O)O)[C@H](c2ccc(/C=C/C(=O)Nc3ccccc3N)cc2)C1. The van der Waals surface area contributed by atoms with E-state index >= 15 is 0 Å². The predicted molar refractivity (Wildman–Crippen MR) is 106 cm³/mol. The Balaban J connectivity index is 1.65. The minimum Gasteiger partial charge on any atom is -0.481 e. The van der Waals surface area contributed by atoms with Crippen LogP contribution in [0.1, 0.15) is 17.0 Å². The first-order valence-corrected chi connectivity index (χ1v) is 8.79. The molecule has 0 radical (unpaired) electrons. The van der Waals surface area contributed by atoms with E-state index in [1.165, 1.54) is 6.08 Å². The number of carboxylic acids is 1. The summed E-state index contributed by atoms with van der Waals surface area (Å²) in [6.45, 7) is 1.29. The van der Waals surface area contributed by atoms with Gasteiger partial charge in [-0.1, -0.05) is 36.4 Å². The molecule has 0 spiro atoms. The number of nitrogens with zero attached hydrogens (tertiary/aromatic N) is 1. The van der Waals surface area contributed by atoms with E-state index in [9.17, 15) is 14.7 Å². The van der Waals surface area contributed by atoms with Crippen molar-refractivity contribution in [3.05, 3.63) is 65.7 Å². The molecule has 0 unspecified atom stereocenters. The third kappa shape index (κ3) is 4.54. The molecule has 1 aliphatic rings. The first-order chi connectivity index (χ1) is 12.9. The Hall–Kier alpha value is -3.12. The fourth-order valence-electron chi connectivity index (χ4n) is 3.40. The summed E-state index contributed by atoms with van der Waals surface area (Å²) < 4.78 is 0. The van der Waals surface area contributed by atoms with E-state index in [-0.39, 0.29) is 11.8 Å². The number of anilines is 2. The lowest BCUT2D eigenvalue weighted by molar-refractivity contribution is -0.141. The summed E-state index contributed by atoms with van der Waals surface area (Å²) >= 11 is 0. The van der Waals surface area contributed by atoms with Crippen LogP contribution in [-0.2, 0) is 9.59 Å². The van der Waals surface area contributed by atoms with Gasteiger partial charge in [-0.15, -0.1) is 0 Å². The maximum Gasteiger partial charge on any atom is 0.308 e. The second-order valence-corrected chi connectivity index (χ2v) is 6.85. The molecule has 2 aromatic carbocycles. The Kier molecular flexibility index (Phi) is 5.57. The van der Waals surface area contributed by atoms with E-state index in [0.717, 1.165) is 17.7 Å². The summed E-state index contributed by atoms with van der Waals surface area (Å²) in [5, 5.41) is 12.2. The Morgan fingerprint density at radius 3 is 2.52 bits per heavy atom. The molecular formula is C21H23N3O3. The van der Waals surface area contributed by atoms with Crippen molar-refractivity contribution in [2.24, 2.45) is 5.92 Å². The monoisotopic (exact) mass is 365 g/mol. The topological polar surface area (TPSA) is 95.7 Å². The normalized spacial score (nSPS) is 20.0. The van der Waals surface area contributed by atoms with Gasteiger partial charge in [0.2, 0.25) is 5.91 Å². The summed E-state index contributed by atoms with van der Waals surface area (Å²) in [4.78, 5) is 25.5. The average Bonchev–Trinajstić information content (AvgIpc) is 3.04. The number of para-hydroxylation sites is 2. The molecule has 3 rings (SSSR count). The van der Waals surface area contributed by atoms with E-state index in [1.54, 1.807) is 30.3 Å². The number of nitrogen functional groups attached to an aromatic ring is 1. The first kappa shape index (κ1) is 18.7. The molecular weight excluding hydrogens is 342 g/mol. The molecule has 4 N–H and O–H groups in total. The molecule has 6 nitrogen and oxygen atoms in total. The smallest absolute Gasteiger partial charge is 0.308 e.